The Morgan fingerprint density at radius 2 is 2.14 bits per heavy atom. The molecule has 80 valence electrons. The molecule has 1 fully saturated rings. The zero-order valence-electron chi connectivity index (χ0n) is 8.83. The van der Waals surface area contributed by atoms with Gasteiger partial charge in [-0.3, -0.25) is 4.79 Å². The van der Waals surface area contributed by atoms with Gasteiger partial charge in [0, 0.05) is 11.6 Å². The topological polar surface area (TPSA) is 69.1 Å². The largest absolute Gasteiger partial charge is 0.366 e. The molecule has 0 aromatic heterocycles. The Balaban J connectivity index is 2.72. The molecule has 2 unspecified atom stereocenters. The van der Waals surface area contributed by atoms with Gasteiger partial charge in [-0.25, -0.2) is 0 Å². The highest BCUT2D eigenvalue weighted by Crippen LogP contribution is 2.31. The van der Waals surface area contributed by atoms with Crippen molar-refractivity contribution < 1.29 is 4.79 Å². The van der Waals surface area contributed by atoms with Crippen LogP contribution in [0.1, 0.15) is 39.0 Å². The van der Waals surface area contributed by atoms with Gasteiger partial charge in [-0.15, -0.1) is 0 Å². The molecule has 0 aromatic carbocycles. The van der Waals surface area contributed by atoms with E-state index in [2.05, 4.69) is 6.92 Å². The summed E-state index contributed by atoms with van der Waals surface area (Å²) in [5.74, 6) is 0.0203. The van der Waals surface area contributed by atoms with Crippen molar-refractivity contribution in [2.75, 3.05) is 0 Å². The van der Waals surface area contributed by atoms with E-state index in [0.29, 0.717) is 5.92 Å². The van der Waals surface area contributed by atoms with Crippen LogP contribution in [0.5, 0.6) is 0 Å². The fraction of sp³-hybridized carbons (Fsp3) is 0.727. The Bertz CT molecular complexity index is 237. The summed E-state index contributed by atoms with van der Waals surface area (Å²) in [5, 5.41) is 0. The molecule has 1 rings (SSSR count). The summed E-state index contributed by atoms with van der Waals surface area (Å²) in [7, 11) is 0. The van der Waals surface area contributed by atoms with Crippen molar-refractivity contribution in [2.45, 2.75) is 44.6 Å². The first kappa shape index (κ1) is 11.2. The van der Waals surface area contributed by atoms with Gasteiger partial charge in [0.1, 0.15) is 0 Å². The van der Waals surface area contributed by atoms with Gasteiger partial charge in [0.15, 0.2) is 0 Å². The van der Waals surface area contributed by atoms with E-state index in [-0.39, 0.29) is 5.54 Å². The van der Waals surface area contributed by atoms with E-state index in [9.17, 15) is 4.79 Å². The van der Waals surface area contributed by atoms with Crippen LogP contribution in [0.15, 0.2) is 12.2 Å². The highest BCUT2D eigenvalue weighted by molar-refractivity contribution is 5.85. The molecule has 2 atom stereocenters. The first-order valence-electron chi connectivity index (χ1n) is 5.32. The number of nitrogens with two attached hydrogens (primary N) is 2. The summed E-state index contributed by atoms with van der Waals surface area (Å²) in [6.45, 7) is 2.15. The van der Waals surface area contributed by atoms with Gasteiger partial charge in [-0.05, 0) is 18.8 Å². The average molecular weight is 196 g/mol. The van der Waals surface area contributed by atoms with E-state index in [1.54, 1.807) is 6.08 Å². The molecule has 4 N–H and O–H groups in total. The number of hydrogen-bond donors (Lipinski definition) is 2. The van der Waals surface area contributed by atoms with Gasteiger partial charge in [-0.2, -0.15) is 0 Å². The van der Waals surface area contributed by atoms with Crippen LogP contribution in [0, 0.1) is 5.92 Å². The molecule has 0 saturated heterocycles. The van der Waals surface area contributed by atoms with Gasteiger partial charge in [0.05, 0.1) is 0 Å². The van der Waals surface area contributed by atoms with Crippen molar-refractivity contribution in [2.24, 2.45) is 17.4 Å². The second-order valence-corrected chi connectivity index (χ2v) is 4.35. The molecular weight excluding hydrogens is 176 g/mol. The monoisotopic (exact) mass is 196 g/mol. The van der Waals surface area contributed by atoms with E-state index in [4.69, 9.17) is 11.5 Å². The second kappa shape index (κ2) is 4.60. The lowest BCUT2D eigenvalue weighted by atomic mass is 9.82. The van der Waals surface area contributed by atoms with Crippen LogP contribution in [0.4, 0.5) is 0 Å². The Hall–Kier alpha value is -0.830. The molecule has 0 aromatic rings. The van der Waals surface area contributed by atoms with Crippen molar-refractivity contribution in [3.8, 4) is 0 Å². The van der Waals surface area contributed by atoms with Crippen LogP contribution >= 0.6 is 0 Å². The smallest absolute Gasteiger partial charge is 0.241 e. The van der Waals surface area contributed by atoms with Crippen molar-refractivity contribution in [1.82, 2.24) is 0 Å². The quantitative estimate of drug-likeness (QED) is 0.516. The lowest BCUT2D eigenvalue weighted by Crippen LogP contribution is -2.43. The Morgan fingerprint density at radius 1 is 1.43 bits per heavy atom. The van der Waals surface area contributed by atoms with E-state index >= 15 is 0 Å². The average Bonchev–Trinajstić information content (AvgIpc) is 2.28. The maximum atomic E-state index is 10.7. The maximum absolute atomic E-state index is 10.7. The summed E-state index contributed by atoms with van der Waals surface area (Å²) in [6, 6.07) is 0. The lowest BCUT2D eigenvalue weighted by molar-refractivity contribution is -0.113. The molecule has 0 aliphatic heterocycles. The van der Waals surface area contributed by atoms with Crippen molar-refractivity contribution in [1.29, 1.82) is 0 Å². The second-order valence-electron chi connectivity index (χ2n) is 4.35. The minimum Gasteiger partial charge on any atom is -0.366 e. The van der Waals surface area contributed by atoms with Crippen LogP contribution in [0.3, 0.4) is 0 Å². The Kier molecular flexibility index (Phi) is 3.69. The Labute approximate surface area is 85.5 Å². The van der Waals surface area contributed by atoms with Gasteiger partial charge < -0.3 is 11.5 Å². The summed E-state index contributed by atoms with van der Waals surface area (Å²) in [4.78, 5) is 10.7. The van der Waals surface area contributed by atoms with Crippen LogP contribution in [0.25, 0.3) is 0 Å². The van der Waals surface area contributed by atoms with Gasteiger partial charge in [0.2, 0.25) is 5.91 Å². The van der Waals surface area contributed by atoms with Crippen LogP contribution in [-0.2, 0) is 4.79 Å². The maximum Gasteiger partial charge on any atom is 0.241 e. The van der Waals surface area contributed by atoms with Gasteiger partial charge in [-0.1, -0.05) is 32.3 Å². The molecule has 1 aliphatic rings. The predicted octanol–water partition coefficient (Wildman–Crippen LogP) is 1.33. The molecule has 14 heavy (non-hydrogen) atoms. The molecule has 1 aliphatic carbocycles. The highest BCUT2D eigenvalue weighted by atomic mass is 16.1. The number of hydrogen-bond acceptors (Lipinski definition) is 2. The third-order valence-corrected chi connectivity index (χ3v) is 3.22. The number of carbonyl (C=O) groups excluding carboxylic acids is 1. The third kappa shape index (κ3) is 2.84. The normalized spacial score (nSPS) is 34.3. The molecule has 3 nitrogen and oxygen atoms in total. The van der Waals surface area contributed by atoms with E-state index in [1.807, 2.05) is 0 Å². The lowest BCUT2D eigenvalue weighted by Gasteiger charge is -2.30. The number of rotatable bonds is 2. The molecule has 3 heteroatoms. The van der Waals surface area contributed by atoms with E-state index < -0.39 is 5.91 Å². The van der Waals surface area contributed by atoms with Crippen LogP contribution in [0.2, 0.25) is 0 Å². The molecule has 0 spiro atoms. The fourth-order valence-corrected chi connectivity index (χ4v) is 2.06. The highest BCUT2D eigenvalue weighted by Gasteiger charge is 2.30. The molecule has 0 radical (unpaired) electrons. The minimum atomic E-state index is -0.411. The first-order chi connectivity index (χ1) is 6.54. The zero-order chi connectivity index (χ0) is 10.6. The molecule has 0 heterocycles. The molecular formula is C11H20N2O. The van der Waals surface area contributed by atoms with Gasteiger partial charge in [0.25, 0.3) is 0 Å². The molecule has 0 bridgehead atoms. The number of carbonyl (C=O) groups is 1. The van der Waals surface area contributed by atoms with Crippen LogP contribution in [-0.4, -0.2) is 11.4 Å². The fourth-order valence-electron chi connectivity index (χ4n) is 2.06. The zero-order valence-corrected chi connectivity index (χ0v) is 8.83. The molecule has 1 saturated carbocycles. The van der Waals surface area contributed by atoms with Crippen molar-refractivity contribution >= 4 is 5.91 Å². The third-order valence-electron chi connectivity index (χ3n) is 3.22. The molecule has 1 amide bonds. The standard InChI is InChI=1S/C11H20N2O/c1-9-5-3-2-4-7-11(9,13)8-6-10(12)14/h6,8-9H,2-5,7,13H2,1H3,(H2,12,14)/b8-6+. The van der Waals surface area contributed by atoms with Crippen LogP contribution < -0.4 is 11.5 Å². The van der Waals surface area contributed by atoms with E-state index in [1.165, 1.54) is 18.9 Å². The summed E-state index contributed by atoms with van der Waals surface area (Å²) in [6.07, 6.45) is 8.92. The van der Waals surface area contributed by atoms with Crippen molar-refractivity contribution in [3.63, 3.8) is 0 Å². The van der Waals surface area contributed by atoms with Crippen molar-refractivity contribution in [3.05, 3.63) is 12.2 Å². The van der Waals surface area contributed by atoms with Gasteiger partial charge >= 0.3 is 0 Å². The van der Waals surface area contributed by atoms with E-state index in [0.717, 1.165) is 19.3 Å². The first-order valence-corrected chi connectivity index (χ1v) is 5.32. The predicted molar refractivity (Wildman–Crippen MR) is 57.5 cm³/mol. The summed E-state index contributed by atoms with van der Waals surface area (Å²) in [5.41, 5.74) is 11.0. The Morgan fingerprint density at radius 3 is 2.79 bits per heavy atom. The summed E-state index contributed by atoms with van der Waals surface area (Å²) < 4.78 is 0. The minimum absolute atomic E-state index is 0.328. The number of amides is 1. The summed E-state index contributed by atoms with van der Waals surface area (Å²) >= 11 is 0. The SMILES string of the molecule is CC1CCCCCC1(N)/C=C/C(N)=O. The number of primary amides is 1.